The maximum atomic E-state index is 11.2. The zero-order chi connectivity index (χ0) is 17.9. The molecule has 0 aliphatic carbocycles. The van der Waals surface area contributed by atoms with E-state index in [9.17, 15) is 10.1 Å². The predicted molar refractivity (Wildman–Crippen MR) is 103 cm³/mol. The van der Waals surface area contributed by atoms with E-state index in [4.69, 9.17) is 0 Å². The fourth-order valence-corrected chi connectivity index (χ4v) is 3.57. The van der Waals surface area contributed by atoms with Crippen LogP contribution in [0.2, 0.25) is 0 Å². The van der Waals surface area contributed by atoms with Crippen LogP contribution >= 0.6 is 0 Å². The van der Waals surface area contributed by atoms with E-state index in [-0.39, 0.29) is 16.8 Å². The Kier molecular flexibility index (Phi) is 4.27. The number of benzene rings is 3. The summed E-state index contributed by atoms with van der Waals surface area (Å²) >= 11 is 0. The number of anilines is 2. The molecular formula is C21H19N3O2. The van der Waals surface area contributed by atoms with Crippen LogP contribution in [0.25, 0.3) is 0 Å². The molecule has 5 nitrogen and oxygen atoms in total. The van der Waals surface area contributed by atoms with Crippen molar-refractivity contribution in [3.8, 4) is 0 Å². The fourth-order valence-electron chi connectivity index (χ4n) is 3.57. The van der Waals surface area contributed by atoms with E-state index >= 15 is 0 Å². The zero-order valence-electron chi connectivity index (χ0n) is 14.2. The van der Waals surface area contributed by atoms with Crippen LogP contribution in [-0.2, 0) is 0 Å². The molecule has 0 spiro atoms. The third-order valence-corrected chi connectivity index (χ3v) is 4.73. The summed E-state index contributed by atoms with van der Waals surface area (Å²) in [7, 11) is 0. The molecule has 0 N–H and O–H groups in total. The van der Waals surface area contributed by atoms with Crippen LogP contribution in [0.3, 0.4) is 0 Å². The molecule has 1 saturated heterocycles. The Morgan fingerprint density at radius 3 is 1.81 bits per heavy atom. The molecule has 4 rings (SSSR count). The highest BCUT2D eigenvalue weighted by Gasteiger charge is 2.34. The van der Waals surface area contributed by atoms with Gasteiger partial charge < -0.3 is 9.80 Å². The first kappa shape index (κ1) is 16.1. The average Bonchev–Trinajstić information content (AvgIpc) is 3.14. The van der Waals surface area contributed by atoms with Gasteiger partial charge in [-0.2, -0.15) is 0 Å². The summed E-state index contributed by atoms with van der Waals surface area (Å²) in [4.78, 5) is 15.5. The Morgan fingerprint density at radius 2 is 1.31 bits per heavy atom. The molecule has 1 aliphatic rings. The van der Waals surface area contributed by atoms with Crippen LogP contribution in [0.5, 0.6) is 0 Å². The van der Waals surface area contributed by atoms with E-state index in [1.54, 1.807) is 12.1 Å². The minimum atomic E-state index is -0.335. The third-order valence-electron chi connectivity index (χ3n) is 4.73. The van der Waals surface area contributed by atoms with Gasteiger partial charge in [-0.15, -0.1) is 0 Å². The number of nitro benzene ring substituents is 1. The number of para-hydroxylation sites is 2. The summed E-state index contributed by atoms with van der Waals surface area (Å²) in [5.74, 6) is 0. The van der Waals surface area contributed by atoms with Gasteiger partial charge in [-0.05, 0) is 24.3 Å². The van der Waals surface area contributed by atoms with E-state index in [0.29, 0.717) is 0 Å². The van der Waals surface area contributed by atoms with Crippen LogP contribution in [0.1, 0.15) is 11.7 Å². The highest BCUT2D eigenvalue weighted by atomic mass is 16.6. The van der Waals surface area contributed by atoms with Gasteiger partial charge in [0.15, 0.2) is 0 Å². The van der Waals surface area contributed by atoms with Crippen molar-refractivity contribution in [2.24, 2.45) is 0 Å². The molecule has 1 fully saturated rings. The summed E-state index contributed by atoms with van der Waals surface area (Å²) in [6.45, 7) is 1.71. The number of nitrogens with zero attached hydrogens (tertiary/aromatic N) is 3. The Labute approximate surface area is 152 Å². The maximum absolute atomic E-state index is 11.2. The number of hydrogen-bond acceptors (Lipinski definition) is 4. The Bertz CT molecular complexity index is 852. The van der Waals surface area contributed by atoms with Crippen LogP contribution in [0.4, 0.5) is 17.1 Å². The maximum Gasteiger partial charge on any atom is 0.269 e. The summed E-state index contributed by atoms with van der Waals surface area (Å²) in [6.07, 6.45) is -0.0836. The van der Waals surface area contributed by atoms with Crippen LogP contribution in [0.15, 0.2) is 84.9 Å². The van der Waals surface area contributed by atoms with Crippen LogP contribution in [-0.4, -0.2) is 18.0 Å². The van der Waals surface area contributed by atoms with Gasteiger partial charge in [0.2, 0.25) is 0 Å². The quantitative estimate of drug-likeness (QED) is 0.511. The summed E-state index contributed by atoms with van der Waals surface area (Å²) in [5, 5.41) is 11.2. The van der Waals surface area contributed by atoms with Gasteiger partial charge >= 0.3 is 0 Å². The van der Waals surface area contributed by atoms with E-state index < -0.39 is 0 Å². The lowest BCUT2D eigenvalue weighted by atomic mass is 10.1. The number of rotatable bonds is 4. The minimum Gasteiger partial charge on any atom is -0.346 e. The molecule has 26 heavy (non-hydrogen) atoms. The lowest BCUT2D eigenvalue weighted by molar-refractivity contribution is -0.384. The van der Waals surface area contributed by atoms with Crippen molar-refractivity contribution in [1.29, 1.82) is 0 Å². The van der Waals surface area contributed by atoms with Gasteiger partial charge in [0.05, 0.1) is 4.92 Å². The van der Waals surface area contributed by atoms with Crippen molar-refractivity contribution in [2.45, 2.75) is 6.17 Å². The van der Waals surface area contributed by atoms with Crippen molar-refractivity contribution in [1.82, 2.24) is 0 Å². The van der Waals surface area contributed by atoms with Crippen LogP contribution < -0.4 is 9.80 Å². The van der Waals surface area contributed by atoms with Gasteiger partial charge in [0.1, 0.15) is 6.17 Å². The Hall–Kier alpha value is -3.34. The molecule has 1 aliphatic heterocycles. The van der Waals surface area contributed by atoms with Crippen LogP contribution in [0, 0.1) is 10.1 Å². The molecule has 0 atom stereocenters. The summed E-state index contributed by atoms with van der Waals surface area (Å²) in [5.41, 5.74) is 3.27. The number of non-ortho nitro benzene ring substituents is 1. The molecule has 3 aromatic carbocycles. The van der Waals surface area contributed by atoms with Crippen molar-refractivity contribution < 1.29 is 4.92 Å². The van der Waals surface area contributed by atoms with Gasteiger partial charge in [0.25, 0.3) is 5.69 Å². The van der Waals surface area contributed by atoms with Crippen molar-refractivity contribution >= 4 is 17.1 Å². The van der Waals surface area contributed by atoms with E-state index in [0.717, 1.165) is 30.0 Å². The molecule has 0 amide bonds. The Morgan fingerprint density at radius 1 is 0.769 bits per heavy atom. The van der Waals surface area contributed by atoms with Gasteiger partial charge in [-0.25, -0.2) is 0 Å². The molecule has 130 valence electrons. The molecule has 3 aromatic rings. The highest BCUT2D eigenvalue weighted by molar-refractivity contribution is 5.59. The standard InChI is InChI=1S/C21H19N3O2/c25-24(26)20-13-7-8-17(16-20)21-22(18-9-3-1-4-10-18)14-15-23(21)19-11-5-2-6-12-19/h1-13,16,21H,14-15H2. The molecular weight excluding hydrogens is 326 g/mol. The largest absolute Gasteiger partial charge is 0.346 e. The molecule has 1 heterocycles. The first-order valence-corrected chi connectivity index (χ1v) is 8.62. The first-order valence-electron chi connectivity index (χ1n) is 8.62. The van der Waals surface area contributed by atoms with Gasteiger partial charge in [-0.3, -0.25) is 10.1 Å². The first-order chi connectivity index (χ1) is 12.7. The van der Waals surface area contributed by atoms with Gasteiger partial charge in [0, 0.05) is 42.2 Å². The minimum absolute atomic E-state index is 0.0836. The van der Waals surface area contributed by atoms with Crippen molar-refractivity contribution in [3.05, 3.63) is 101 Å². The van der Waals surface area contributed by atoms with E-state index in [1.165, 1.54) is 6.07 Å². The monoisotopic (exact) mass is 345 g/mol. The second-order valence-corrected chi connectivity index (χ2v) is 6.28. The third kappa shape index (κ3) is 2.99. The van der Waals surface area contributed by atoms with Crippen molar-refractivity contribution in [2.75, 3.05) is 22.9 Å². The highest BCUT2D eigenvalue weighted by Crippen LogP contribution is 2.38. The lowest BCUT2D eigenvalue weighted by Gasteiger charge is -2.33. The second-order valence-electron chi connectivity index (χ2n) is 6.28. The molecule has 5 heteroatoms. The van der Waals surface area contributed by atoms with E-state index in [1.807, 2.05) is 42.5 Å². The average molecular weight is 345 g/mol. The SMILES string of the molecule is O=[N+]([O-])c1cccc(C2N(c3ccccc3)CCN2c2ccccc2)c1. The molecule has 0 unspecified atom stereocenters. The summed E-state index contributed by atoms with van der Waals surface area (Å²) in [6, 6.07) is 27.3. The Balaban J connectivity index is 1.80. The second kappa shape index (κ2) is 6.88. The molecule has 0 bridgehead atoms. The molecule has 0 aromatic heterocycles. The smallest absolute Gasteiger partial charge is 0.269 e. The number of hydrogen-bond donors (Lipinski definition) is 0. The zero-order valence-corrected chi connectivity index (χ0v) is 14.2. The van der Waals surface area contributed by atoms with Gasteiger partial charge in [-0.1, -0.05) is 48.5 Å². The number of nitro groups is 1. The lowest BCUT2D eigenvalue weighted by Crippen LogP contribution is -2.30. The predicted octanol–water partition coefficient (Wildman–Crippen LogP) is 4.62. The summed E-state index contributed by atoms with van der Waals surface area (Å²) < 4.78 is 0. The normalized spacial score (nSPS) is 14.6. The fraction of sp³-hybridized carbons (Fsp3) is 0.143. The molecule has 0 saturated carbocycles. The molecule has 0 radical (unpaired) electrons. The topological polar surface area (TPSA) is 49.6 Å². The van der Waals surface area contributed by atoms with Crippen molar-refractivity contribution in [3.63, 3.8) is 0 Å². The van der Waals surface area contributed by atoms with E-state index in [2.05, 4.69) is 34.1 Å².